The van der Waals surface area contributed by atoms with Crippen molar-refractivity contribution in [3.05, 3.63) is 42.0 Å². The Bertz CT molecular complexity index is 530. The van der Waals surface area contributed by atoms with Crippen molar-refractivity contribution in [1.29, 1.82) is 0 Å². The third-order valence-corrected chi connectivity index (χ3v) is 4.90. The standard InChI is InChI=1S/C20H28N2O2/c23-20(11-10-19-9-5-17-24-19)22-15-13-21(14-16-22)12-4-8-18-6-2-1-3-7-18/h1-4,6-8,19H,5,9-17H2/b8-4+/t19-/m0/s1. The molecule has 2 heterocycles. The predicted octanol–water partition coefficient (Wildman–Crippen LogP) is 2.80. The maximum Gasteiger partial charge on any atom is 0.222 e. The topological polar surface area (TPSA) is 32.8 Å². The summed E-state index contributed by atoms with van der Waals surface area (Å²) in [5.41, 5.74) is 1.24. The summed E-state index contributed by atoms with van der Waals surface area (Å²) in [4.78, 5) is 16.7. The first-order valence-electron chi connectivity index (χ1n) is 9.14. The van der Waals surface area contributed by atoms with Crippen LogP contribution in [0, 0.1) is 0 Å². The highest BCUT2D eigenvalue weighted by Gasteiger charge is 2.22. The maximum absolute atomic E-state index is 12.3. The van der Waals surface area contributed by atoms with Gasteiger partial charge in [0.15, 0.2) is 0 Å². The van der Waals surface area contributed by atoms with Gasteiger partial charge < -0.3 is 9.64 Å². The van der Waals surface area contributed by atoms with Gasteiger partial charge >= 0.3 is 0 Å². The third kappa shape index (κ3) is 5.18. The van der Waals surface area contributed by atoms with Crippen molar-refractivity contribution in [2.75, 3.05) is 39.3 Å². The van der Waals surface area contributed by atoms with Crippen LogP contribution in [0.3, 0.4) is 0 Å². The van der Waals surface area contributed by atoms with Crippen molar-refractivity contribution in [2.45, 2.75) is 31.8 Å². The fourth-order valence-electron chi connectivity index (χ4n) is 3.40. The first kappa shape index (κ1) is 17.2. The molecule has 0 bridgehead atoms. The van der Waals surface area contributed by atoms with Gasteiger partial charge in [0, 0.05) is 45.8 Å². The van der Waals surface area contributed by atoms with Crippen LogP contribution in [0.4, 0.5) is 0 Å². The van der Waals surface area contributed by atoms with Crippen molar-refractivity contribution in [2.24, 2.45) is 0 Å². The Morgan fingerprint density at radius 2 is 1.96 bits per heavy atom. The smallest absolute Gasteiger partial charge is 0.222 e. The average molecular weight is 328 g/mol. The molecule has 1 aromatic rings. The Balaban J connectivity index is 1.34. The van der Waals surface area contributed by atoms with Gasteiger partial charge in [0.2, 0.25) is 5.91 Å². The molecule has 4 heteroatoms. The van der Waals surface area contributed by atoms with E-state index in [4.69, 9.17) is 4.74 Å². The molecular weight excluding hydrogens is 300 g/mol. The predicted molar refractivity (Wildman–Crippen MR) is 96.7 cm³/mol. The quantitative estimate of drug-likeness (QED) is 0.805. The molecule has 0 unspecified atom stereocenters. The maximum atomic E-state index is 12.3. The second-order valence-electron chi connectivity index (χ2n) is 6.67. The van der Waals surface area contributed by atoms with Gasteiger partial charge in [-0.15, -0.1) is 0 Å². The molecule has 0 saturated carbocycles. The van der Waals surface area contributed by atoms with Gasteiger partial charge in [0.25, 0.3) is 0 Å². The molecule has 2 aliphatic heterocycles. The molecule has 130 valence electrons. The van der Waals surface area contributed by atoms with Crippen LogP contribution in [0.15, 0.2) is 36.4 Å². The van der Waals surface area contributed by atoms with Crippen LogP contribution in [0.5, 0.6) is 0 Å². The lowest BCUT2D eigenvalue weighted by Crippen LogP contribution is -2.48. The van der Waals surface area contributed by atoms with E-state index < -0.39 is 0 Å². The number of amides is 1. The minimum Gasteiger partial charge on any atom is -0.378 e. The van der Waals surface area contributed by atoms with E-state index in [2.05, 4.69) is 41.3 Å². The number of carbonyl (C=O) groups is 1. The van der Waals surface area contributed by atoms with Crippen LogP contribution in [0.1, 0.15) is 31.2 Å². The molecule has 1 amide bonds. The zero-order valence-electron chi connectivity index (χ0n) is 14.4. The molecule has 0 aromatic heterocycles. The van der Waals surface area contributed by atoms with Gasteiger partial charge in [-0.05, 0) is 24.8 Å². The van der Waals surface area contributed by atoms with E-state index in [0.29, 0.717) is 18.4 Å². The van der Waals surface area contributed by atoms with Crippen LogP contribution >= 0.6 is 0 Å². The van der Waals surface area contributed by atoms with Crippen LogP contribution in [-0.2, 0) is 9.53 Å². The number of ether oxygens (including phenoxy) is 1. The summed E-state index contributed by atoms with van der Waals surface area (Å²) in [6.07, 6.45) is 8.49. The number of rotatable bonds is 6. The summed E-state index contributed by atoms with van der Waals surface area (Å²) in [5.74, 6) is 0.296. The minimum absolute atomic E-state index is 0.296. The van der Waals surface area contributed by atoms with E-state index in [1.165, 1.54) is 5.56 Å². The zero-order chi connectivity index (χ0) is 16.6. The van der Waals surface area contributed by atoms with Gasteiger partial charge in [-0.25, -0.2) is 0 Å². The summed E-state index contributed by atoms with van der Waals surface area (Å²) in [6.45, 7) is 5.45. The van der Waals surface area contributed by atoms with Crippen molar-refractivity contribution >= 4 is 12.0 Å². The van der Waals surface area contributed by atoms with Crippen molar-refractivity contribution < 1.29 is 9.53 Å². The normalized spacial score (nSPS) is 22.3. The summed E-state index contributed by atoms with van der Waals surface area (Å²) >= 11 is 0. The molecule has 1 aromatic carbocycles. The van der Waals surface area contributed by atoms with Crippen LogP contribution in [0.2, 0.25) is 0 Å². The Hall–Kier alpha value is -1.65. The number of hydrogen-bond donors (Lipinski definition) is 0. The molecule has 0 aliphatic carbocycles. The summed E-state index contributed by atoms with van der Waals surface area (Å²) in [7, 11) is 0. The fraction of sp³-hybridized carbons (Fsp3) is 0.550. The SMILES string of the molecule is O=C(CC[C@@H]1CCCO1)N1CCN(C/C=C/c2ccccc2)CC1. The van der Waals surface area contributed by atoms with E-state index >= 15 is 0 Å². The molecule has 0 radical (unpaired) electrons. The van der Waals surface area contributed by atoms with E-state index in [1.54, 1.807) is 0 Å². The highest BCUT2D eigenvalue weighted by atomic mass is 16.5. The highest BCUT2D eigenvalue weighted by molar-refractivity contribution is 5.76. The van der Waals surface area contributed by atoms with E-state index in [1.807, 2.05) is 11.0 Å². The number of carbonyl (C=O) groups excluding carboxylic acids is 1. The lowest BCUT2D eigenvalue weighted by atomic mass is 10.1. The summed E-state index contributed by atoms with van der Waals surface area (Å²) in [5, 5.41) is 0. The molecule has 0 N–H and O–H groups in total. The monoisotopic (exact) mass is 328 g/mol. The van der Waals surface area contributed by atoms with Crippen molar-refractivity contribution in [1.82, 2.24) is 9.80 Å². The van der Waals surface area contributed by atoms with Crippen LogP contribution in [-0.4, -0.2) is 61.1 Å². The fourth-order valence-corrected chi connectivity index (χ4v) is 3.40. The van der Waals surface area contributed by atoms with Crippen LogP contribution in [0.25, 0.3) is 6.08 Å². The van der Waals surface area contributed by atoms with Crippen molar-refractivity contribution in [3.63, 3.8) is 0 Å². The molecule has 3 rings (SSSR count). The molecule has 2 saturated heterocycles. The molecule has 24 heavy (non-hydrogen) atoms. The second-order valence-corrected chi connectivity index (χ2v) is 6.67. The van der Waals surface area contributed by atoms with Gasteiger partial charge in [-0.2, -0.15) is 0 Å². The lowest BCUT2D eigenvalue weighted by Gasteiger charge is -2.34. The van der Waals surface area contributed by atoms with Gasteiger partial charge in [-0.3, -0.25) is 9.69 Å². The molecule has 1 atom stereocenters. The van der Waals surface area contributed by atoms with E-state index in [9.17, 15) is 4.79 Å². The van der Waals surface area contributed by atoms with Crippen molar-refractivity contribution in [3.8, 4) is 0 Å². The Kier molecular flexibility index (Phi) is 6.44. The van der Waals surface area contributed by atoms with Gasteiger partial charge in [0.1, 0.15) is 0 Å². The highest BCUT2D eigenvalue weighted by Crippen LogP contribution is 2.17. The Morgan fingerprint density at radius 1 is 1.17 bits per heavy atom. The molecule has 4 nitrogen and oxygen atoms in total. The Labute approximate surface area is 145 Å². The zero-order valence-corrected chi connectivity index (χ0v) is 14.4. The first-order chi connectivity index (χ1) is 11.8. The number of benzene rings is 1. The largest absolute Gasteiger partial charge is 0.378 e. The molecular formula is C20H28N2O2. The van der Waals surface area contributed by atoms with Gasteiger partial charge in [-0.1, -0.05) is 42.5 Å². The lowest BCUT2D eigenvalue weighted by molar-refractivity contribution is -0.133. The van der Waals surface area contributed by atoms with Crippen LogP contribution < -0.4 is 0 Å². The number of nitrogens with zero attached hydrogens (tertiary/aromatic N) is 2. The summed E-state index contributed by atoms with van der Waals surface area (Å²) in [6, 6.07) is 10.4. The summed E-state index contributed by atoms with van der Waals surface area (Å²) < 4.78 is 5.60. The Morgan fingerprint density at radius 3 is 2.67 bits per heavy atom. The number of hydrogen-bond acceptors (Lipinski definition) is 3. The first-order valence-corrected chi connectivity index (χ1v) is 9.14. The number of piperazine rings is 1. The molecule has 2 aliphatic rings. The van der Waals surface area contributed by atoms with Gasteiger partial charge in [0.05, 0.1) is 6.10 Å². The molecule has 0 spiro atoms. The molecule has 2 fully saturated rings. The minimum atomic E-state index is 0.296. The third-order valence-electron chi connectivity index (χ3n) is 4.90. The average Bonchev–Trinajstić information content (AvgIpc) is 3.15. The van der Waals surface area contributed by atoms with E-state index in [-0.39, 0.29) is 0 Å². The second kappa shape index (κ2) is 9.00. The van der Waals surface area contributed by atoms with E-state index in [0.717, 1.165) is 58.6 Å².